The first-order chi connectivity index (χ1) is 21.0. The molecule has 0 radical (unpaired) electrons. The van der Waals surface area contributed by atoms with Crippen LogP contribution in [0.1, 0.15) is 42.7 Å². The van der Waals surface area contributed by atoms with Gasteiger partial charge in [0.05, 0.1) is 11.8 Å². The molecule has 2 aromatic carbocycles. The third-order valence-corrected chi connectivity index (χ3v) is 12.4. The van der Waals surface area contributed by atoms with Crippen molar-refractivity contribution in [3.05, 3.63) is 75.8 Å². The molecule has 3 saturated heterocycles. The van der Waals surface area contributed by atoms with Crippen LogP contribution in [-0.4, -0.2) is 79.4 Å². The number of aromatic hydroxyl groups is 1. The van der Waals surface area contributed by atoms with Crippen LogP contribution in [0.25, 0.3) is 0 Å². The van der Waals surface area contributed by atoms with Crippen molar-refractivity contribution in [3.63, 3.8) is 0 Å². The number of benzene rings is 2. The Bertz CT molecular complexity index is 1610. The highest BCUT2D eigenvalue weighted by molar-refractivity contribution is 9.10. The minimum atomic E-state index is -1.93. The Labute approximate surface area is 274 Å². The Morgan fingerprint density at radius 2 is 1.66 bits per heavy atom. The number of fused-ring (bicyclic) bond motifs is 4. The molecule has 2 aliphatic carbocycles. The number of rotatable bonds is 4. The monoisotopic (exact) mass is 699 g/mol. The largest absolute Gasteiger partial charge is 0.508 e. The Morgan fingerprint density at radius 1 is 0.955 bits per heavy atom. The van der Waals surface area contributed by atoms with Gasteiger partial charge in [0, 0.05) is 48.7 Å². The molecule has 6 unspecified atom stereocenters. The first kappa shape index (κ1) is 30.0. The summed E-state index contributed by atoms with van der Waals surface area (Å²) >= 11 is 17.9. The summed E-state index contributed by atoms with van der Waals surface area (Å²) in [6.45, 7) is 2.36. The molecule has 0 bridgehead atoms. The van der Waals surface area contributed by atoms with Crippen LogP contribution in [0.4, 0.5) is 0 Å². The Morgan fingerprint density at radius 3 is 2.36 bits per heavy atom. The van der Waals surface area contributed by atoms with Crippen molar-refractivity contribution in [3.8, 4) is 5.75 Å². The number of phenols is 1. The summed E-state index contributed by atoms with van der Waals surface area (Å²) in [5, 5.41) is 11.0. The van der Waals surface area contributed by atoms with Gasteiger partial charge in [-0.25, -0.2) is 0 Å². The van der Waals surface area contributed by atoms with Gasteiger partial charge in [-0.05, 0) is 55.4 Å². The predicted octanol–water partition coefficient (Wildman–Crippen LogP) is 4.81. The van der Waals surface area contributed by atoms with E-state index < -0.39 is 45.2 Å². The molecular weight excluding hydrogens is 669 g/mol. The standard InChI is InChI=1S/C33H32BrCl2N3O5/c1-37-30(43)32(35)16-24-21(27(33(32,36)31(37)44)23-15-19(34)7-10-25(23)40)8-9-22-26(24)29(42)39(28(22)41)20-11-13-38(14-12-20)17-18-5-3-2-4-6-18/h2-8,10,15,20,22,24,26-27,40H,9,11-14,16-17H2,1H3. The number of amides is 4. The lowest BCUT2D eigenvalue weighted by Gasteiger charge is -2.50. The fraction of sp³-hybridized carbons (Fsp3) is 0.455. The van der Waals surface area contributed by atoms with Crippen LogP contribution in [0.2, 0.25) is 0 Å². The molecule has 1 saturated carbocycles. The van der Waals surface area contributed by atoms with E-state index in [1.807, 2.05) is 24.3 Å². The quantitative estimate of drug-likeness (QED) is 0.280. The van der Waals surface area contributed by atoms with Crippen molar-refractivity contribution in [1.82, 2.24) is 14.7 Å². The van der Waals surface area contributed by atoms with Crippen LogP contribution in [0.3, 0.4) is 0 Å². The molecule has 7 rings (SSSR count). The average Bonchev–Trinajstić information content (AvgIpc) is 3.34. The van der Waals surface area contributed by atoms with Crippen LogP contribution in [0.5, 0.6) is 5.75 Å². The number of imide groups is 2. The molecule has 6 atom stereocenters. The van der Waals surface area contributed by atoms with Crippen LogP contribution >= 0.6 is 39.1 Å². The van der Waals surface area contributed by atoms with E-state index in [1.165, 1.54) is 23.6 Å². The van der Waals surface area contributed by atoms with E-state index in [0.717, 1.165) is 24.5 Å². The first-order valence-electron chi connectivity index (χ1n) is 15.0. The lowest BCUT2D eigenvalue weighted by atomic mass is 9.56. The number of carbonyl (C=O) groups is 4. The van der Waals surface area contributed by atoms with Gasteiger partial charge in [-0.1, -0.05) is 57.9 Å². The number of carbonyl (C=O) groups excluding carboxylic acids is 4. The number of piperidine rings is 1. The van der Waals surface area contributed by atoms with E-state index in [-0.39, 0.29) is 30.0 Å². The number of halogens is 3. The average molecular weight is 701 g/mol. The summed E-state index contributed by atoms with van der Waals surface area (Å²) in [6, 6.07) is 14.9. The van der Waals surface area contributed by atoms with Crippen LogP contribution in [0.15, 0.2) is 64.7 Å². The highest BCUT2D eigenvalue weighted by atomic mass is 79.9. The van der Waals surface area contributed by atoms with Crippen molar-refractivity contribution in [1.29, 1.82) is 0 Å². The number of hydrogen-bond donors (Lipinski definition) is 1. The minimum absolute atomic E-state index is 0.0619. The van der Waals surface area contributed by atoms with E-state index >= 15 is 0 Å². The van der Waals surface area contributed by atoms with Crippen molar-refractivity contribution in [2.45, 2.75) is 53.9 Å². The summed E-state index contributed by atoms with van der Waals surface area (Å²) in [6.07, 6.45) is 3.50. The summed E-state index contributed by atoms with van der Waals surface area (Å²) in [5.41, 5.74) is 2.23. The van der Waals surface area contributed by atoms with Gasteiger partial charge in [0.25, 0.3) is 11.8 Å². The molecule has 4 amide bonds. The van der Waals surface area contributed by atoms with Crippen molar-refractivity contribution < 1.29 is 24.3 Å². The molecule has 3 heterocycles. The maximum absolute atomic E-state index is 14.3. The van der Waals surface area contributed by atoms with E-state index in [9.17, 15) is 24.3 Å². The molecule has 5 aliphatic rings. The SMILES string of the molecule is CN1C(=O)C2(Cl)CC3C(=CCC4C(=O)N(C5CCN(Cc6ccccc6)CC5)C(=O)C43)C(c3cc(Br)ccc3O)C2(Cl)C1=O. The Kier molecular flexibility index (Phi) is 7.27. The lowest BCUT2D eigenvalue weighted by Crippen LogP contribution is -2.60. The van der Waals surface area contributed by atoms with Gasteiger partial charge >= 0.3 is 0 Å². The number of phenolic OH excluding ortho intramolecular Hbond substituents is 1. The Balaban J connectivity index is 1.22. The summed E-state index contributed by atoms with van der Waals surface area (Å²) in [4.78, 5) is 56.5. The number of alkyl halides is 2. The van der Waals surface area contributed by atoms with Gasteiger partial charge in [-0.15, -0.1) is 23.2 Å². The molecule has 0 spiro atoms. The molecule has 0 aromatic heterocycles. The van der Waals surface area contributed by atoms with Crippen molar-refractivity contribution in [2.24, 2.45) is 17.8 Å². The molecule has 44 heavy (non-hydrogen) atoms. The third-order valence-electron chi connectivity index (χ3n) is 10.5. The molecule has 11 heteroatoms. The highest BCUT2D eigenvalue weighted by Gasteiger charge is 2.76. The second-order valence-corrected chi connectivity index (χ2v) is 14.9. The maximum Gasteiger partial charge on any atom is 0.253 e. The first-order valence-corrected chi connectivity index (χ1v) is 16.5. The minimum Gasteiger partial charge on any atom is -0.508 e. The zero-order chi connectivity index (χ0) is 31.1. The zero-order valence-corrected chi connectivity index (χ0v) is 27.2. The second-order valence-electron chi connectivity index (χ2n) is 12.7. The smallest absolute Gasteiger partial charge is 0.253 e. The van der Waals surface area contributed by atoms with Gasteiger partial charge in [0.2, 0.25) is 11.8 Å². The van der Waals surface area contributed by atoms with Gasteiger partial charge in [-0.3, -0.25) is 33.9 Å². The maximum atomic E-state index is 14.3. The lowest BCUT2D eigenvalue weighted by molar-refractivity contribution is -0.144. The van der Waals surface area contributed by atoms with Crippen LogP contribution < -0.4 is 0 Å². The van der Waals surface area contributed by atoms with Gasteiger partial charge in [0.1, 0.15) is 5.75 Å². The number of likely N-dealkylation sites (tertiary alicyclic amines) is 3. The van der Waals surface area contributed by atoms with Crippen LogP contribution in [-0.2, 0) is 25.7 Å². The molecule has 2 aromatic rings. The van der Waals surface area contributed by atoms with Crippen molar-refractivity contribution >= 4 is 62.8 Å². The van der Waals surface area contributed by atoms with E-state index in [0.29, 0.717) is 34.9 Å². The fourth-order valence-electron chi connectivity index (χ4n) is 8.41. The van der Waals surface area contributed by atoms with E-state index in [1.54, 1.807) is 12.1 Å². The van der Waals surface area contributed by atoms with Gasteiger partial charge in [-0.2, -0.15) is 0 Å². The molecule has 1 N–H and O–H groups in total. The van der Waals surface area contributed by atoms with Gasteiger partial charge < -0.3 is 5.11 Å². The summed E-state index contributed by atoms with van der Waals surface area (Å²) in [5.74, 6) is -4.73. The normalized spacial score (nSPS) is 34.2. The molecule has 4 fully saturated rings. The van der Waals surface area contributed by atoms with E-state index in [4.69, 9.17) is 23.2 Å². The number of hydrogen-bond acceptors (Lipinski definition) is 6. The summed E-state index contributed by atoms with van der Waals surface area (Å²) in [7, 11) is 1.35. The highest BCUT2D eigenvalue weighted by Crippen LogP contribution is 2.66. The molecule has 230 valence electrons. The molecule has 8 nitrogen and oxygen atoms in total. The summed E-state index contributed by atoms with van der Waals surface area (Å²) < 4.78 is 0.643. The third kappa shape index (κ3) is 4.18. The van der Waals surface area contributed by atoms with Crippen LogP contribution in [0, 0.1) is 17.8 Å². The number of nitrogens with zero attached hydrogens (tertiary/aromatic N) is 3. The van der Waals surface area contributed by atoms with E-state index in [2.05, 4.69) is 33.0 Å². The van der Waals surface area contributed by atoms with Crippen molar-refractivity contribution in [2.75, 3.05) is 20.1 Å². The predicted molar refractivity (Wildman–Crippen MR) is 168 cm³/mol. The molecule has 3 aliphatic heterocycles. The second kappa shape index (κ2) is 10.7. The molecular formula is C33H32BrCl2N3O5. The Hall–Kier alpha value is -2.72. The van der Waals surface area contributed by atoms with Gasteiger partial charge in [0.15, 0.2) is 9.75 Å². The fourth-order valence-corrected chi connectivity index (χ4v) is 9.80. The number of allylic oxidation sites excluding steroid dienone is 2. The topological polar surface area (TPSA) is 98.2 Å². The zero-order valence-electron chi connectivity index (χ0n) is 24.1.